The van der Waals surface area contributed by atoms with Crippen LogP contribution in [0.25, 0.3) is 0 Å². The van der Waals surface area contributed by atoms with Crippen molar-refractivity contribution >= 4 is 41.3 Å². The van der Waals surface area contributed by atoms with Gasteiger partial charge in [0.25, 0.3) is 0 Å². The average Bonchev–Trinajstić information content (AvgIpc) is 3.09. The molecule has 138 valence electrons. The lowest BCUT2D eigenvalue weighted by Crippen LogP contribution is -2.38. The van der Waals surface area contributed by atoms with Gasteiger partial charge in [-0.2, -0.15) is 0 Å². The molecule has 0 radical (unpaired) electrons. The van der Waals surface area contributed by atoms with Crippen LogP contribution in [0, 0.1) is 0 Å². The molecule has 0 fully saturated rings. The molecular weight excluding hydrogens is 445 g/mol. The highest BCUT2D eigenvalue weighted by atomic mass is 127. The van der Waals surface area contributed by atoms with Crippen molar-refractivity contribution in [3.8, 4) is 5.75 Å². The van der Waals surface area contributed by atoms with Crippen LogP contribution in [0.2, 0.25) is 0 Å². The van der Waals surface area contributed by atoms with Gasteiger partial charge in [-0.05, 0) is 43.0 Å². The minimum absolute atomic E-state index is 0. The van der Waals surface area contributed by atoms with Crippen LogP contribution in [0.5, 0.6) is 5.75 Å². The van der Waals surface area contributed by atoms with Crippen LogP contribution in [-0.2, 0) is 6.54 Å². The molecule has 1 aromatic carbocycles. The van der Waals surface area contributed by atoms with Crippen LogP contribution in [0.1, 0.15) is 37.1 Å². The van der Waals surface area contributed by atoms with E-state index in [2.05, 4.69) is 52.2 Å². The zero-order valence-electron chi connectivity index (χ0n) is 15.3. The Morgan fingerprint density at radius 1 is 1.16 bits per heavy atom. The SMILES string of the molecule is CN=C(NCc1cccc(OC(C)C)c1)NCC(C)c1cccs1.I. The van der Waals surface area contributed by atoms with Crippen LogP contribution in [-0.4, -0.2) is 25.7 Å². The first-order valence-corrected chi connectivity index (χ1v) is 9.20. The molecule has 0 spiro atoms. The molecule has 2 N–H and O–H groups in total. The fourth-order valence-corrected chi connectivity index (χ4v) is 3.12. The molecule has 2 aromatic rings. The number of halogens is 1. The van der Waals surface area contributed by atoms with E-state index in [1.54, 1.807) is 18.4 Å². The summed E-state index contributed by atoms with van der Waals surface area (Å²) in [7, 11) is 1.80. The van der Waals surface area contributed by atoms with Crippen LogP contribution in [0.4, 0.5) is 0 Å². The number of ether oxygens (including phenoxy) is 1. The van der Waals surface area contributed by atoms with Gasteiger partial charge in [0.2, 0.25) is 0 Å². The third-order valence-corrected chi connectivity index (χ3v) is 4.66. The van der Waals surface area contributed by atoms with E-state index in [1.165, 1.54) is 10.4 Å². The summed E-state index contributed by atoms with van der Waals surface area (Å²) >= 11 is 1.79. The summed E-state index contributed by atoms with van der Waals surface area (Å²) in [5, 5.41) is 8.86. The van der Waals surface area contributed by atoms with Gasteiger partial charge in [-0.3, -0.25) is 4.99 Å². The van der Waals surface area contributed by atoms with Crippen molar-refractivity contribution in [1.82, 2.24) is 10.6 Å². The Morgan fingerprint density at radius 3 is 2.60 bits per heavy atom. The second kappa shape index (κ2) is 11.4. The zero-order valence-corrected chi connectivity index (χ0v) is 18.4. The summed E-state index contributed by atoms with van der Waals surface area (Å²) in [4.78, 5) is 5.68. The predicted molar refractivity (Wildman–Crippen MR) is 119 cm³/mol. The number of rotatable bonds is 7. The zero-order chi connectivity index (χ0) is 17.4. The van der Waals surface area contributed by atoms with Gasteiger partial charge in [0.1, 0.15) is 5.75 Å². The summed E-state index contributed by atoms with van der Waals surface area (Å²) in [5.74, 6) is 2.18. The molecule has 0 bridgehead atoms. The number of aliphatic imine (C=N–C) groups is 1. The number of thiophene rings is 1. The molecule has 0 amide bonds. The molecule has 1 atom stereocenters. The molecule has 1 aromatic heterocycles. The van der Waals surface area contributed by atoms with E-state index >= 15 is 0 Å². The number of nitrogens with one attached hydrogen (secondary N) is 2. The van der Waals surface area contributed by atoms with Crippen molar-refractivity contribution in [1.29, 1.82) is 0 Å². The number of hydrogen-bond acceptors (Lipinski definition) is 3. The number of hydrogen-bond donors (Lipinski definition) is 2. The van der Waals surface area contributed by atoms with Gasteiger partial charge in [-0.25, -0.2) is 0 Å². The first-order valence-electron chi connectivity index (χ1n) is 8.32. The van der Waals surface area contributed by atoms with E-state index in [4.69, 9.17) is 4.74 Å². The first kappa shape index (κ1) is 21.8. The van der Waals surface area contributed by atoms with Gasteiger partial charge in [0, 0.05) is 30.9 Å². The molecule has 25 heavy (non-hydrogen) atoms. The molecule has 0 aliphatic carbocycles. The summed E-state index contributed by atoms with van der Waals surface area (Å²) in [6, 6.07) is 12.4. The number of nitrogens with zero attached hydrogens (tertiary/aromatic N) is 1. The lowest BCUT2D eigenvalue weighted by Gasteiger charge is -2.16. The highest BCUT2D eigenvalue weighted by Crippen LogP contribution is 2.19. The Labute approximate surface area is 172 Å². The maximum absolute atomic E-state index is 5.74. The van der Waals surface area contributed by atoms with Gasteiger partial charge < -0.3 is 15.4 Å². The Bertz CT molecular complexity index is 644. The molecule has 1 heterocycles. The molecule has 0 saturated heterocycles. The molecule has 6 heteroatoms. The monoisotopic (exact) mass is 473 g/mol. The molecule has 0 aliphatic heterocycles. The Hall–Kier alpha value is -1.28. The minimum Gasteiger partial charge on any atom is -0.491 e. The maximum atomic E-state index is 5.74. The van der Waals surface area contributed by atoms with Gasteiger partial charge in [0.05, 0.1) is 6.10 Å². The molecular formula is C19H28IN3OS. The van der Waals surface area contributed by atoms with Crippen molar-refractivity contribution in [2.45, 2.75) is 39.3 Å². The fourth-order valence-electron chi connectivity index (χ4n) is 2.33. The van der Waals surface area contributed by atoms with Crippen LogP contribution in [0.15, 0.2) is 46.8 Å². The van der Waals surface area contributed by atoms with Gasteiger partial charge >= 0.3 is 0 Å². The third kappa shape index (κ3) is 7.64. The number of benzene rings is 1. The molecule has 2 rings (SSSR count). The van der Waals surface area contributed by atoms with E-state index in [9.17, 15) is 0 Å². The second-order valence-corrected chi connectivity index (χ2v) is 7.02. The normalized spacial score (nSPS) is 12.4. The van der Waals surface area contributed by atoms with Crippen molar-refractivity contribution < 1.29 is 4.74 Å². The van der Waals surface area contributed by atoms with Gasteiger partial charge in [-0.1, -0.05) is 25.1 Å². The average molecular weight is 473 g/mol. The summed E-state index contributed by atoms with van der Waals surface area (Å²) in [5.41, 5.74) is 1.17. The van der Waals surface area contributed by atoms with E-state index in [0.717, 1.165) is 18.3 Å². The minimum atomic E-state index is 0. The van der Waals surface area contributed by atoms with E-state index < -0.39 is 0 Å². The lowest BCUT2D eigenvalue weighted by molar-refractivity contribution is 0.242. The van der Waals surface area contributed by atoms with Crippen molar-refractivity contribution in [3.05, 3.63) is 52.2 Å². The Balaban J connectivity index is 0.00000312. The largest absolute Gasteiger partial charge is 0.491 e. The van der Waals surface area contributed by atoms with E-state index in [-0.39, 0.29) is 30.1 Å². The number of guanidine groups is 1. The smallest absolute Gasteiger partial charge is 0.191 e. The van der Waals surface area contributed by atoms with Crippen LogP contribution in [0.3, 0.4) is 0 Å². The summed E-state index contributed by atoms with van der Waals surface area (Å²) < 4.78 is 5.74. The maximum Gasteiger partial charge on any atom is 0.191 e. The summed E-state index contributed by atoms with van der Waals surface area (Å²) in [6.45, 7) is 7.86. The highest BCUT2D eigenvalue weighted by Gasteiger charge is 2.07. The standard InChI is InChI=1S/C19H27N3OS.HI/c1-14(2)23-17-8-5-7-16(11-17)13-22-19(20-4)21-12-15(3)18-9-6-10-24-18;/h5-11,14-15H,12-13H2,1-4H3,(H2,20,21,22);1H. The third-order valence-electron chi connectivity index (χ3n) is 3.56. The second-order valence-electron chi connectivity index (χ2n) is 6.04. The topological polar surface area (TPSA) is 45.7 Å². The Morgan fingerprint density at radius 2 is 1.96 bits per heavy atom. The van der Waals surface area contributed by atoms with Crippen molar-refractivity contribution in [3.63, 3.8) is 0 Å². The molecule has 0 saturated carbocycles. The Kier molecular flexibility index (Phi) is 9.89. The van der Waals surface area contributed by atoms with Crippen molar-refractivity contribution in [2.24, 2.45) is 4.99 Å². The van der Waals surface area contributed by atoms with Gasteiger partial charge in [0.15, 0.2) is 5.96 Å². The molecule has 1 unspecified atom stereocenters. The van der Waals surface area contributed by atoms with E-state index in [1.807, 2.05) is 26.0 Å². The van der Waals surface area contributed by atoms with Crippen LogP contribution >= 0.6 is 35.3 Å². The predicted octanol–water partition coefficient (Wildman–Crippen LogP) is 4.62. The lowest BCUT2D eigenvalue weighted by atomic mass is 10.1. The fraction of sp³-hybridized carbons (Fsp3) is 0.421. The van der Waals surface area contributed by atoms with E-state index in [0.29, 0.717) is 12.5 Å². The first-order chi connectivity index (χ1) is 11.6. The van der Waals surface area contributed by atoms with Crippen LogP contribution < -0.4 is 15.4 Å². The molecule has 0 aliphatic rings. The van der Waals surface area contributed by atoms with Crippen molar-refractivity contribution in [2.75, 3.05) is 13.6 Å². The quantitative estimate of drug-likeness (QED) is 0.351. The van der Waals surface area contributed by atoms with Gasteiger partial charge in [-0.15, -0.1) is 35.3 Å². The summed E-state index contributed by atoms with van der Waals surface area (Å²) in [6.07, 6.45) is 0.182. The highest BCUT2D eigenvalue weighted by molar-refractivity contribution is 14.0. The molecule has 4 nitrogen and oxygen atoms in total.